The van der Waals surface area contributed by atoms with Gasteiger partial charge in [-0.1, -0.05) is 23.4 Å². The SMILES string of the molecule is COc1cccc(-c2noc(CCC(=O)Nc3cccc(SC)c3)n2)c1. The van der Waals surface area contributed by atoms with Gasteiger partial charge in [0.05, 0.1) is 7.11 Å². The number of thioether (sulfide) groups is 1. The van der Waals surface area contributed by atoms with Crippen LogP contribution in [0.4, 0.5) is 5.69 Å². The smallest absolute Gasteiger partial charge is 0.227 e. The predicted octanol–water partition coefficient (Wildman–Crippen LogP) is 4.04. The second kappa shape index (κ2) is 8.53. The zero-order valence-corrected chi connectivity index (χ0v) is 15.4. The molecule has 1 amide bonds. The van der Waals surface area contributed by atoms with Gasteiger partial charge in [-0.15, -0.1) is 11.8 Å². The van der Waals surface area contributed by atoms with Crippen molar-refractivity contribution in [3.63, 3.8) is 0 Å². The number of aromatic nitrogens is 2. The van der Waals surface area contributed by atoms with Crippen molar-refractivity contribution in [2.75, 3.05) is 18.7 Å². The van der Waals surface area contributed by atoms with Gasteiger partial charge in [0.15, 0.2) is 0 Å². The summed E-state index contributed by atoms with van der Waals surface area (Å²) in [5.74, 6) is 1.54. The zero-order chi connectivity index (χ0) is 18.4. The Labute approximate surface area is 156 Å². The highest BCUT2D eigenvalue weighted by Crippen LogP contribution is 2.22. The Morgan fingerprint density at radius 2 is 2.08 bits per heavy atom. The molecule has 1 heterocycles. The summed E-state index contributed by atoms with van der Waals surface area (Å²) >= 11 is 1.63. The Morgan fingerprint density at radius 1 is 1.23 bits per heavy atom. The van der Waals surface area contributed by atoms with Gasteiger partial charge in [-0.05, 0) is 36.6 Å². The molecule has 0 unspecified atom stereocenters. The Morgan fingerprint density at radius 3 is 2.88 bits per heavy atom. The van der Waals surface area contributed by atoms with Crippen LogP contribution in [0.2, 0.25) is 0 Å². The highest BCUT2D eigenvalue weighted by molar-refractivity contribution is 7.98. The first-order valence-corrected chi connectivity index (χ1v) is 9.31. The summed E-state index contributed by atoms with van der Waals surface area (Å²) in [6.07, 6.45) is 2.64. The number of benzene rings is 2. The van der Waals surface area contributed by atoms with Crippen molar-refractivity contribution < 1.29 is 14.1 Å². The van der Waals surface area contributed by atoms with E-state index in [0.29, 0.717) is 18.1 Å². The minimum absolute atomic E-state index is 0.0932. The normalized spacial score (nSPS) is 10.5. The first-order valence-electron chi connectivity index (χ1n) is 8.09. The van der Waals surface area contributed by atoms with E-state index in [1.165, 1.54) is 0 Å². The maximum atomic E-state index is 12.1. The van der Waals surface area contributed by atoms with Crippen molar-refractivity contribution in [2.24, 2.45) is 0 Å². The van der Waals surface area contributed by atoms with Crippen molar-refractivity contribution in [3.8, 4) is 17.1 Å². The summed E-state index contributed by atoms with van der Waals surface area (Å²) in [6.45, 7) is 0. The highest BCUT2D eigenvalue weighted by atomic mass is 32.2. The number of hydrogen-bond acceptors (Lipinski definition) is 6. The van der Waals surface area contributed by atoms with Crippen molar-refractivity contribution in [2.45, 2.75) is 17.7 Å². The number of anilines is 1. The minimum atomic E-state index is -0.0932. The van der Waals surface area contributed by atoms with E-state index in [-0.39, 0.29) is 12.3 Å². The molecular formula is C19H19N3O3S. The fraction of sp³-hybridized carbons (Fsp3) is 0.211. The highest BCUT2D eigenvalue weighted by Gasteiger charge is 2.11. The quantitative estimate of drug-likeness (QED) is 0.634. The van der Waals surface area contributed by atoms with Gasteiger partial charge in [-0.3, -0.25) is 4.79 Å². The van der Waals surface area contributed by atoms with Crippen LogP contribution >= 0.6 is 11.8 Å². The molecule has 0 fully saturated rings. The number of carbonyl (C=O) groups excluding carboxylic acids is 1. The average molecular weight is 369 g/mol. The van der Waals surface area contributed by atoms with E-state index in [1.54, 1.807) is 18.9 Å². The van der Waals surface area contributed by atoms with Gasteiger partial charge in [0.2, 0.25) is 17.6 Å². The standard InChI is InChI=1S/C19H19N3O3S/c1-24-15-7-3-5-13(11-15)19-21-18(25-22-19)10-9-17(23)20-14-6-4-8-16(12-14)26-2/h3-8,11-12H,9-10H2,1-2H3,(H,20,23). The molecule has 0 radical (unpaired) electrons. The monoisotopic (exact) mass is 369 g/mol. The van der Waals surface area contributed by atoms with Crippen molar-refractivity contribution in [3.05, 3.63) is 54.4 Å². The fourth-order valence-electron chi connectivity index (χ4n) is 2.38. The topological polar surface area (TPSA) is 77.2 Å². The maximum Gasteiger partial charge on any atom is 0.227 e. The summed E-state index contributed by atoms with van der Waals surface area (Å²) in [5, 5.41) is 6.85. The van der Waals surface area contributed by atoms with Crippen LogP contribution in [0.25, 0.3) is 11.4 Å². The molecule has 26 heavy (non-hydrogen) atoms. The van der Waals surface area contributed by atoms with E-state index in [9.17, 15) is 4.79 Å². The van der Waals surface area contributed by atoms with Crippen molar-refractivity contribution in [1.82, 2.24) is 10.1 Å². The lowest BCUT2D eigenvalue weighted by Crippen LogP contribution is -2.12. The third-order valence-electron chi connectivity index (χ3n) is 3.72. The van der Waals surface area contributed by atoms with Crippen LogP contribution in [0.3, 0.4) is 0 Å². The van der Waals surface area contributed by atoms with E-state index in [4.69, 9.17) is 9.26 Å². The molecule has 1 N–H and O–H groups in total. The van der Waals surface area contributed by atoms with Crippen LogP contribution in [-0.2, 0) is 11.2 Å². The number of nitrogens with zero attached hydrogens (tertiary/aromatic N) is 2. The van der Waals surface area contributed by atoms with Gasteiger partial charge < -0.3 is 14.6 Å². The fourth-order valence-corrected chi connectivity index (χ4v) is 2.84. The Bertz CT molecular complexity index is 895. The molecule has 0 aliphatic rings. The molecule has 7 heteroatoms. The number of nitrogens with one attached hydrogen (secondary N) is 1. The van der Waals surface area contributed by atoms with Crippen LogP contribution in [0.5, 0.6) is 5.75 Å². The molecule has 0 bridgehead atoms. The average Bonchev–Trinajstić information content (AvgIpc) is 3.16. The molecule has 0 aliphatic carbocycles. The van der Waals surface area contributed by atoms with E-state index < -0.39 is 0 Å². The van der Waals surface area contributed by atoms with Crippen LogP contribution in [0, 0.1) is 0 Å². The van der Waals surface area contributed by atoms with Crippen LogP contribution < -0.4 is 10.1 Å². The molecule has 2 aromatic carbocycles. The number of carbonyl (C=O) groups is 1. The summed E-state index contributed by atoms with van der Waals surface area (Å²) < 4.78 is 10.4. The number of hydrogen-bond donors (Lipinski definition) is 1. The zero-order valence-electron chi connectivity index (χ0n) is 14.6. The number of rotatable bonds is 7. The van der Waals surface area contributed by atoms with Crippen molar-refractivity contribution >= 4 is 23.4 Å². The number of aryl methyl sites for hydroxylation is 1. The molecule has 3 aromatic rings. The maximum absolute atomic E-state index is 12.1. The van der Waals surface area contributed by atoms with Gasteiger partial charge >= 0.3 is 0 Å². The second-order valence-corrected chi connectivity index (χ2v) is 6.40. The third-order valence-corrected chi connectivity index (χ3v) is 4.44. The lowest BCUT2D eigenvalue weighted by molar-refractivity contribution is -0.116. The molecular weight excluding hydrogens is 350 g/mol. The van der Waals surface area contributed by atoms with E-state index in [2.05, 4.69) is 15.5 Å². The molecule has 0 saturated heterocycles. The summed E-state index contributed by atoms with van der Waals surface area (Å²) in [7, 11) is 1.61. The molecule has 6 nitrogen and oxygen atoms in total. The Kier molecular flexibility index (Phi) is 5.91. The Balaban J connectivity index is 1.58. The summed E-state index contributed by atoms with van der Waals surface area (Å²) in [6, 6.07) is 15.1. The van der Waals surface area contributed by atoms with Crippen LogP contribution in [0.1, 0.15) is 12.3 Å². The number of methoxy groups -OCH3 is 1. The largest absolute Gasteiger partial charge is 0.497 e. The Hall–Kier alpha value is -2.80. The van der Waals surface area contributed by atoms with Crippen molar-refractivity contribution in [1.29, 1.82) is 0 Å². The van der Waals surface area contributed by atoms with Crippen LogP contribution in [-0.4, -0.2) is 29.4 Å². The summed E-state index contributed by atoms with van der Waals surface area (Å²) in [4.78, 5) is 17.6. The first-order chi connectivity index (χ1) is 12.7. The summed E-state index contributed by atoms with van der Waals surface area (Å²) in [5.41, 5.74) is 1.59. The van der Waals surface area contributed by atoms with Gasteiger partial charge in [-0.25, -0.2) is 0 Å². The van der Waals surface area contributed by atoms with Crippen LogP contribution in [0.15, 0.2) is 57.9 Å². The predicted molar refractivity (Wildman–Crippen MR) is 101 cm³/mol. The minimum Gasteiger partial charge on any atom is -0.497 e. The number of amides is 1. The van der Waals surface area contributed by atoms with E-state index in [0.717, 1.165) is 21.9 Å². The van der Waals surface area contributed by atoms with E-state index in [1.807, 2.05) is 54.8 Å². The van der Waals surface area contributed by atoms with Gasteiger partial charge in [0, 0.05) is 29.0 Å². The van der Waals surface area contributed by atoms with E-state index >= 15 is 0 Å². The first kappa shape index (κ1) is 18.0. The van der Waals surface area contributed by atoms with Gasteiger partial charge in [0.1, 0.15) is 5.75 Å². The molecule has 134 valence electrons. The number of ether oxygens (including phenoxy) is 1. The molecule has 3 rings (SSSR count). The van der Waals surface area contributed by atoms with Gasteiger partial charge in [0.25, 0.3) is 0 Å². The lowest BCUT2D eigenvalue weighted by Gasteiger charge is -2.05. The van der Waals surface area contributed by atoms with Gasteiger partial charge in [-0.2, -0.15) is 4.98 Å². The second-order valence-electron chi connectivity index (χ2n) is 5.52. The lowest BCUT2D eigenvalue weighted by atomic mass is 10.2. The third kappa shape index (κ3) is 4.64. The molecule has 0 atom stereocenters. The molecule has 1 aromatic heterocycles. The molecule has 0 saturated carbocycles. The molecule has 0 aliphatic heterocycles. The molecule has 0 spiro atoms.